The molecule has 0 amide bonds. The van der Waals surface area contributed by atoms with E-state index in [2.05, 4.69) is 31.9 Å². The molecule has 0 unspecified atom stereocenters. The molecule has 0 bridgehead atoms. The molecule has 0 N–H and O–H groups in total. The molecule has 3 rings (SSSR count). The molecule has 0 saturated heterocycles. The van der Waals surface area contributed by atoms with Gasteiger partial charge in [-0.15, -0.1) is 12.4 Å². The Morgan fingerprint density at radius 1 is 1.08 bits per heavy atom. The summed E-state index contributed by atoms with van der Waals surface area (Å²) >= 11 is 0. The molecular formula is C30H43ClFNO5. The summed E-state index contributed by atoms with van der Waals surface area (Å²) in [4.78, 5) is 15.0. The van der Waals surface area contributed by atoms with E-state index in [9.17, 15) is 9.18 Å². The number of esters is 1. The zero-order valence-corrected chi connectivity index (χ0v) is 24.4. The van der Waals surface area contributed by atoms with E-state index in [0.29, 0.717) is 19.3 Å². The van der Waals surface area contributed by atoms with Crippen LogP contribution in [0.4, 0.5) is 4.39 Å². The number of hydrogen-bond acceptors (Lipinski definition) is 6. The van der Waals surface area contributed by atoms with Crippen molar-refractivity contribution in [3.05, 3.63) is 58.9 Å². The standard InChI is InChI=1S/C30H42FNO5.ClH/c1-21(2)29-25-11-10-24(31)19-23(25)13-14-30(29,37-28(33)20-34-4)15-17-32(3)16-7-8-22-9-12-26(35-5)27(18-22)36-6;/h9-12,18-19,21,29H,7-8,13-17,20H2,1-6H3;1H/t29-,30-;/m1./s1. The largest absolute Gasteiger partial charge is 0.493 e. The number of halogens is 2. The molecule has 2 atom stereocenters. The molecule has 0 saturated carbocycles. The van der Waals surface area contributed by atoms with Crippen molar-refractivity contribution in [1.29, 1.82) is 0 Å². The molecule has 8 heteroatoms. The maximum absolute atomic E-state index is 14.0. The monoisotopic (exact) mass is 551 g/mol. The summed E-state index contributed by atoms with van der Waals surface area (Å²) in [5.41, 5.74) is 2.64. The average molecular weight is 552 g/mol. The van der Waals surface area contributed by atoms with Crippen molar-refractivity contribution in [2.45, 2.75) is 57.5 Å². The van der Waals surface area contributed by atoms with Crippen LogP contribution in [0.15, 0.2) is 36.4 Å². The summed E-state index contributed by atoms with van der Waals surface area (Å²) in [7, 11) is 6.89. The minimum atomic E-state index is -0.660. The van der Waals surface area contributed by atoms with Gasteiger partial charge in [-0.2, -0.15) is 0 Å². The molecule has 38 heavy (non-hydrogen) atoms. The lowest BCUT2D eigenvalue weighted by atomic mass is 9.65. The molecule has 0 aromatic heterocycles. The molecule has 0 spiro atoms. The fourth-order valence-electron chi connectivity index (χ4n) is 5.75. The Bertz CT molecular complexity index is 1050. The fourth-order valence-corrected chi connectivity index (χ4v) is 5.75. The van der Waals surface area contributed by atoms with Crippen LogP contribution >= 0.6 is 12.4 Å². The van der Waals surface area contributed by atoms with E-state index in [1.54, 1.807) is 20.3 Å². The molecule has 0 heterocycles. The van der Waals surface area contributed by atoms with Gasteiger partial charge < -0.3 is 23.8 Å². The van der Waals surface area contributed by atoms with Crippen LogP contribution in [0.5, 0.6) is 11.5 Å². The molecule has 2 aromatic carbocycles. The second-order valence-corrected chi connectivity index (χ2v) is 10.4. The Labute approximate surface area is 233 Å². The van der Waals surface area contributed by atoms with Crippen LogP contribution in [0.25, 0.3) is 0 Å². The number of carbonyl (C=O) groups is 1. The van der Waals surface area contributed by atoms with Crippen molar-refractivity contribution in [3.8, 4) is 11.5 Å². The predicted octanol–water partition coefficient (Wildman–Crippen LogP) is 5.83. The number of carbonyl (C=O) groups excluding carboxylic acids is 1. The predicted molar refractivity (Wildman–Crippen MR) is 150 cm³/mol. The molecule has 0 fully saturated rings. The van der Waals surface area contributed by atoms with Crippen LogP contribution in [0.3, 0.4) is 0 Å². The number of rotatable bonds is 13. The van der Waals surface area contributed by atoms with E-state index in [0.717, 1.165) is 48.6 Å². The number of fused-ring (bicyclic) bond motifs is 1. The van der Waals surface area contributed by atoms with Crippen LogP contribution in [0.1, 0.15) is 55.7 Å². The molecule has 6 nitrogen and oxygen atoms in total. The molecule has 2 aromatic rings. The van der Waals surface area contributed by atoms with Crippen molar-refractivity contribution >= 4 is 18.4 Å². The average Bonchev–Trinajstić information content (AvgIpc) is 2.87. The van der Waals surface area contributed by atoms with Crippen LogP contribution < -0.4 is 9.47 Å². The molecule has 0 aliphatic heterocycles. The second-order valence-electron chi connectivity index (χ2n) is 10.4. The Hall–Kier alpha value is -2.35. The van der Waals surface area contributed by atoms with Crippen LogP contribution in [0, 0.1) is 11.7 Å². The normalized spacial score (nSPS) is 18.6. The van der Waals surface area contributed by atoms with Crippen LogP contribution in [-0.2, 0) is 27.1 Å². The highest BCUT2D eigenvalue weighted by Crippen LogP contribution is 2.48. The first-order valence-electron chi connectivity index (χ1n) is 13.1. The summed E-state index contributed by atoms with van der Waals surface area (Å²) < 4.78 is 36.1. The Morgan fingerprint density at radius 3 is 2.47 bits per heavy atom. The highest BCUT2D eigenvalue weighted by molar-refractivity contribution is 5.85. The van der Waals surface area contributed by atoms with Gasteiger partial charge in [0.05, 0.1) is 14.2 Å². The summed E-state index contributed by atoms with van der Waals surface area (Å²) in [5.74, 6) is 1.10. The third-order valence-corrected chi connectivity index (χ3v) is 7.44. The number of hydrogen-bond donors (Lipinski definition) is 0. The first kappa shape index (κ1) is 31.9. The minimum absolute atomic E-state index is 0. The molecule has 1 aliphatic rings. The number of nitrogens with zero attached hydrogens (tertiary/aromatic N) is 1. The van der Waals surface area contributed by atoms with Gasteiger partial charge in [-0.05, 0) is 86.1 Å². The summed E-state index contributed by atoms with van der Waals surface area (Å²) in [6.07, 6.45) is 3.96. The summed E-state index contributed by atoms with van der Waals surface area (Å²) in [5, 5.41) is 0. The molecule has 1 aliphatic carbocycles. The smallest absolute Gasteiger partial charge is 0.332 e. The summed E-state index contributed by atoms with van der Waals surface area (Å²) in [6.45, 7) is 5.91. The third-order valence-electron chi connectivity index (χ3n) is 7.44. The second kappa shape index (κ2) is 14.7. The molecule has 0 radical (unpaired) electrons. The number of aryl methyl sites for hydroxylation is 2. The van der Waals surface area contributed by atoms with Crippen molar-refractivity contribution in [3.63, 3.8) is 0 Å². The maximum atomic E-state index is 14.0. The van der Waals surface area contributed by atoms with Gasteiger partial charge in [0.1, 0.15) is 18.0 Å². The van der Waals surface area contributed by atoms with Crippen molar-refractivity contribution < 1.29 is 28.1 Å². The van der Waals surface area contributed by atoms with Gasteiger partial charge in [0.2, 0.25) is 0 Å². The van der Waals surface area contributed by atoms with Gasteiger partial charge in [-0.3, -0.25) is 0 Å². The van der Waals surface area contributed by atoms with E-state index in [-0.39, 0.29) is 42.6 Å². The number of benzene rings is 2. The van der Waals surface area contributed by atoms with E-state index < -0.39 is 5.60 Å². The molecular weight excluding hydrogens is 509 g/mol. The first-order chi connectivity index (χ1) is 17.7. The van der Waals surface area contributed by atoms with Gasteiger partial charge in [-0.25, -0.2) is 9.18 Å². The lowest BCUT2D eigenvalue weighted by Crippen LogP contribution is -2.49. The first-order valence-corrected chi connectivity index (χ1v) is 13.1. The van der Waals surface area contributed by atoms with Gasteiger partial charge in [-0.1, -0.05) is 26.0 Å². The number of methoxy groups -OCH3 is 3. The Balaban J connectivity index is 0.00000507. The van der Waals surface area contributed by atoms with Gasteiger partial charge in [0.15, 0.2) is 11.5 Å². The van der Waals surface area contributed by atoms with Crippen molar-refractivity contribution in [2.75, 3.05) is 48.1 Å². The zero-order valence-electron chi connectivity index (χ0n) is 23.6. The van der Waals surface area contributed by atoms with Crippen molar-refractivity contribution in [2.24, 2.45) is 5.92 Å². The maximum Gasteiger partial charge on any atom is 0.332 e. The van der Waals surface area contributed by atoms with Gasteiger partial charge >= 0.3 is 5.97 Å². The highest BCUT2D eigenvalue weighted by atomic mass is 35.5. The minimum Gasteiger partial charge on any atom is -0.493 e. The lowest BCUT2D eigenvalue weighted by molar-refractivity contribution is -0.172. The third kappa shape index (κ3) is 7.84. The van der Waals surface area contributed by atoms with E-state index in [4.69, 9.17) is 18.9 Å². The van der Waals surface area contributed by atoms with Crippen molar-refractivity contribution in [1.82, 2.24) is 4.90 Å². The van der Waals surface area contributed by atoms with E-state index in [1.807, 2.05) is 18.2 Å². The Kier molecular flexibility index (Phi) is 12.3. The quantitative estimate of drug-likeness (QED) is 0.292. The summed E-state index contributed by atoms with van der Waals surface area (Å²) in [6, 6.07) is 11.1. The zero-order chi connectivity index (χ0) is 27.0. The van der Waals surface area contributed by atoms with Crippen LogP contribution in [-0.4, -0.2) is 64.5 Å². The van der Waals surface area contributed by atoms with Gasteiger partial charge in [0.25, 0.3) is 0 Å². The van der Waals surface area contributed by atoms with E-state index in [1.165, 1.54) is 18.7 Å². The van der Waals surface area contributed by atoms with E-state index >= 15 is 0 Å². The van der Waals surface area contributed by atoms with Gasteiger partial charge in [0, 0.05) is 26.0 Å². The lowest BCUT2D eigenvalue weighted by Gasteiger charge is -2.47. The Morgan fingerprint density at radius 2 is 1.82 bits per heavy atom. The topological polar surface area (TPSA) is 57.2 Å². The number of ether oxygens (including phenoxy) is 4. The highest BCUT2D eigenvalue weighted by Gasteiger charge is 2.47. The molecule has 212 valence electrons. The fraction of sp³-hybridized carbons (Fsp3) is 0.567. The SMILES string of the molecule is COCC(=O)O[C@@]1(CCN(C)CCCc2ccc(OC)c(OC)c2)CCc2cc(F)ccc2[C@H]1C(C)C.Cl. The van der Waals surface area contributed by atoms with Crippen LogP contribution in [0.2, 0.25) is 0 Å².